The first kappa shape index (κ1) is 24.0. The third-order valence-electron chi connectivity index (χ3n) is 4.67. The molecule has 0 aliphatic rings. The molecule has 1 aromatic carbocycles. The molecule has 1 amide bonds. The second-order valence-corrected chi connectivity index (χ2v) is 14.5. The highest BCUT2D eigenvalue weighted by Crippen LogP contribution is 2.40. The normalized spacial score (nSPS) is 15.2. The number of rotatable bonds is 6. The summed E-state index contributed by atoms with van der Waals surface area (Å²) in [5, 5.41) is 13.3. The third kappa shape index (κ3) is 7.45. The van der Waals surface area contributed by atoms with Crippen LogP contribution in [0.3, 0.4) is 0 Å². The number of benzene rings is 1. The van der Waals surface area contributed by atoms with E-state index >= 15 is 0 Å². The fourth-order valence-corrected chi connectivity index (χ4v) is 3.72. The van der Waals surface area contributed by atoms with Gasteiger partial charge in [-0.1, -0.05) is 44.5 Å². The number of carbonyl (C=O) groups excluding carboxylic acids is 1. The lowest BCUT2D eigenvalue weighted by Crippen LogP contribution is -2.50. The molecule has 154 valence electrons. The molecule has 0 aliphatic heterocycles. The minimum Gasteiger partial charge on any atom is -0.444 e. The van der Waals surface area contributed by atoms with E-state index < -0.39 is 32.2 Å². The van der Waals surface area contributed by atoms with Crippen molar-refractivity contribution in [2.24, 2.45) is 0 Å². The Morgan fingerprint density at radius 1 is 1.22 bits per heavy atom. The van der Waals surface area contributed by atoms with Gasteiger partial charge in [0.25, 0.3) is 0 Å². The molecule has 0 bridgehead atoms. The molecule has 1 rings (SSSR count). The van der Waals surface area contributed by atoms with Gasteiger partial charge in [-0.3, -0.25) is 0 Å². The molecule has 0 saturated heterocycles. The van der Waals surface area contributed by atoms with Crippen molar-refractivity contribution < 1.29 is 19.1 Å². The highest BCUT2D eigenvalue weighted by Gasteiger charge is 2.41. The summed E-state index contributed by atoms with van der Waals surface area (Å²) >= 11 is 6.17. The third-order valence-corrected chi connectivity index (χ3v) is 9.36. The number of hydrogen-bond donors (Lipinski definition) is 2. The van der Waals surface area contributed by atoms with Crippen molar-refractivity contribution >= 4 is 26.0 Å². The second-order valence-electron chi connectivity index (χ2n) is 9.29. The summed E-state index contributed by atoms with van der Waals surface area (Å²) in [7, 11) is -2.19. The van der Waals surface area contributed by atoms with E-state index in [2.05, 4.69) is 39.2 Å². The summed E-state index contributed by atoms with van der Waals surface area (Å²) in [4.78, 5) is 12.3. The molecule has 2 atom stereocenters. The van der Waals surface area contributed by atoms with Crippen molar-refractivity contribution in [1.29, 1.82) is 0 Å². The Balaban J connectivity index is 3.20. The average Bonchev–Trinajstić information content (AvgIpc) is 2.47. The Morgan fingerprint density at radius 2 is 1.81 bits per heavy atom. The van der Waals surface area contributed by atoms with Crippen LogP contribution in [0.15, 0.2) is 24.3 Å². The van der Waals surface area contributed by atoms with Crippen LogP contribution >= 0.6 is 11.6 Å². The topological polar surface area (TPSA) is 67.8 Å². The zero-order valence-electron chi connectivity index (χ0n) is 17.7. The maximum absolute atomic E-state index is 12.3. The van der Waals surface area contributed by atoms with E-state index in [9.17, 15) is 9.90 Å². The van der Waals surface area contributed by atoms with Crippen molar-refractivity contribution in [3.05, 3.63) is 34.9 Å². The summed E-state index contributed by atoms with van der Waals surface area (Å²) in [6, 6.07) is 6.65. The van der Waals surface area contributed by atoms with Gasteiger partial charge in [-0.15, -0.1) is 0 Å². The van der Waals surface area contributed by atoms with Crippen LogP contribution in [0.5, 0.6) is 0 Å². The van der Waals surface area contributed by atoms with Gasteiger partial charge >= 0.3 is 6.09 Å². The Kier molecular flexibility index (Phi) is 7.94. The zero-order chi connectivity index (χ0) is 21.0. The minimum atomic E-state index is -2.19. The van der Waals surface area contributed by atoms with Crippen LogP contribution in [-0.2, 0) is 9.16 Å². The van der Waals surface area contributed by atoms with Gasteiger partial charge in [-0.05, 0) is 56.6 Å². The van der Waals surface area contributed by atoms with Crippen LogP contribution < -0.4 is 5.32 Å². The summed E-state index contributed by atoms with van der Waals surface area (Å²) < 4.78 is 11.9. The number of nitrogens with one attached hydrogen (secondary N) is 1. The average molecular weight is 416 g/mol. The highest BCUT2D eigenvalue weighted by atomic mass is 35.5. The van der Waals surface area contributed by atoms with Crippen LogP contribution in [0.4, 0.5) is 4.79 Å². The van der Waals surface area contributed by atoms with E-state index in [4.69, 9.17) is 20.8 Å². The predicted octanol–water partition coefficient (Wildman–Crippen LogP) is 5.29. The molecular weight excluding hydrogens is 382 g/mol. The molecule has 0 saturated carbocycles. The SMILES string of the molecule is CC(C)(C)OC(=O)NC(CO)C(O[Si](C)(C)C(C)(C)C)c1cccc(Cl)c1. The summed E-state index contributed by atoms with van der Waals surface area (Å²) in [6.07, 6.45) is -1.13. The fraction of sp³-hybridized carbons (Fsp3) is 0.650. The predicted molar refractivity (Wildman–Crippen MR) is 113 cm³/mol. The quantitative estimate of drug-likeness (QED) is 0.619. The molecule has 1 aromatic rings. The maximum Gasteiger partial charge on any atom is 0.408 e. The van der Waals surface area contributed by atoms with Gasteiger partial charge in [0, 0.05) is 5.02 Å². The monoisotopic (exact) mass is 415 g/mol. The van der Waals surface area contributed by atoms with E-state index in [0.29, 0.717) is 5.02 Å². The van der Waals surface area contributed by atoms with Gasteiger partial charge in [-0.2, -0.15) is 0 Å². The lowest BCUT2D eigenvalue weighted by molar-refractivity contribution is 0.0368. The van der Waals surface area contributed by atoms with Crippen LogP contribution in [0.25, 0.3) is 0 Å². The number of amides is 1. The Hall–Kier alpha value is -1.08. The Morgan fingerprint density at radius 3 is 2.26 bits per heavy atom. The smallest absolute Gasteiger partial charge is 0.408 e. The van der Waals surface area contributed by atoms with Crippen molar-refractivity contribution in [1.82, 2.24) is 5.32 Å². The van der Waals surface area contributed by atoms with E-state index in [1.165, 1.54) is 0 Å². The Labute approximate surface area is 169 Å². The Bertz CT molecular complexity index is 638. The van der Waals surface area contributed by atoms with Gasteiger partial charge in [0.1, 0.15) is 5.60 Å². The van der Waals surface area contributed by atoms with Gasteiger partial charge in [-0.25, -0.2) is 4.79 Å². The van der Waals surface area contributed by atoms with E-state index in [-0.39, 0.29) is 11.6 Å². The molecular formula is C20H34ClNO4Si. The number of aliphatic hydroxyl groups is 1. The van der Waals surface area contributed by atoms with Gasteiger partial charge < -0.3 is 19.6 Å². The number of carbonyl (C=O) groups is 1. The van der Waals surface area contributed by atoms with Crippen molar-refractivity contribution in [2.45, 2.75) is 77.4 Å². The lowest BCUT2D eigenvalue weighted by atomic mass is 10.0. The molecule has 2 unspecified atom stereocenters. The van der Waals surface area contributed by atoms with Crippen LogP contribution in [0.2, 0.25) is 23.2 Å². The molecule has 0 heterocycles. The lowest BCUT2D eigenvalue weighted by Gasteiger charge is -2.41. The van der Waals surface area contributed by atoms with E-state index in [0.717, 1.165) is 5.56 Å². The van der Waals surface area contributed by atoms with E-state index in [1.807, 2.05) is 12.1 Å². The molecule has 0 aliphatic carbocycles. The first-order chi connectivity index (χ1) is 12.2. The van der Waals surface area contributed by atoms with Crippen molar-refractivity contribution in [2.75, 3.05) is 6.61 Å². The number of ether oxygens (including phenoxy) is 1. The first-order valence-corrected chi connectivity index (χ1v) is 12.5. The largest absolute Gasteiger partial charge is 0.444 e. The molecule has 27 heavy (non-hydrogen) atoms. The van der Waals surface area contributed by atoms with E-state index in [1.54, 1.807) is 32.9 Å². The van der Waals surface area contributed by atoms with Crippen LogP contribution in [0, 0.1) is 0 Å². The zero-order valence-corrected chi connectivity index (χ0v) is 19.5. The first-order valence-electron chi connectivity index (χ1n) is 9.20. The molecule has 5 nitrogen and oxygen atoms in total. The van der Waals surface area contributed by atoms with Crippen LogP contribution in [0.1, 0.15) is 53.2 Å². The van der Waals surface area contributed by atoms with Crippen LogP contribution in [-0.4, -0.2) is 37.8 Å². The number of aliphatic hydroxyl groups excluding tert-OH is 1. The van der Waals surface area contributed by atoms with Gasteiger partial charge in [0.2, 0.25) is 0 Å². The molecule has 0 radical (unpaired) electrons. The maximum atomic E-state index is 12.3. The standard InChI is InChI=1S/C20H34ClNO4Si/c1-19(2,3)25-18(24)22-16(13-23)17(14-10-9-11-15(21)12-14)26-27(7,8)20(4,5)6/h9-12,16-17,23H,13H2,1-8H3,(H,22,24). The fourth-order valence-electron chi connectivity index (χ4n) is 2.24. The van der Waals surface area contributed by atoms with Crippen molar-refractivity contribution in [3.8, 4) is 0 Å². The van der Waals surface area contributed by atoms with Gasteiger partial charge in [0.05, 0.1) is 18.8 Å². The molecule has 0 spiro atoms. The molecule has 0 aromatic heterocycles. The number of alkyl carbamates (subject to hydrolysis) is 1. The van der Waals surface area contributed by atoms with Gasteiger partial charge in [0.15, 0.2) is 8.32 Å². The highest BCUT2D eigenvalue weighted by molar-refractivity contribution is 6.74. The molecule has 0 fully saturated rings. The number of halogens is 1. The summed E-state index contributed by atoms with van der Waals surface area (Å²) in [5.41, 5.74) is 0.179. The minimum absolute atomic E-state index is 0.0320. The second kappa shape index (κ2) is 8.95. The number of hydrogen-bond acceptors (Lipinski definition) is 4. The summed E-state index contributed by atoms with van der Waals surface area (Å²) in [5.74, 6) is 0. The van der Waals surface area contributed by atoms with Crippen molar-refractivity contribution in [3.63, 3.8) is 0 Å². The molecule has 2 N–H and O–H groups in total. The molecule has 7 heteroatoms. The summed E-state index contributed by atoms with van der Waals surface area (Å²) in [6.45, 7) is 15.8.